The van der Waals surface area contributed by atoms with Crippen LogP contribution in [0.3, 0.4) is 0 Å². The zero-order valence-electron chi connectivity index (χ0n) is 10.6. The molecule has 0 aromatic carbocycles. The molecule has 0 rings (SSSR count). The summed E-state index contributed by atoms with van der Waals surface area (Å²) in [5.74, 6) is 0.108. The monoisotopic (exact) mass is 214 g/mol. The molecule has 2 heteroatoms. The number of carbonyl (C=O) groups excluding carboxylic acids is 1. The van der Waals surface area contributed by atoms with Crippen molar-refractivity contribution in [3.63, 3.8) is 0 Å². The molecule has 0 aliphatic rings. The molecular weight excluding hydrogens is 188 g/mol. The topological polar surface area (TPSA) is 26.3 Å². The van der Waals surface area contributed by atoms with E-state index >= 15 is 0 Å². The molecule has 0 aliphatic heterocycles. The van der Waals surface area contributed by atoms with Gasteiger partial charge in [0.1, 0.15) is 0 Å². The van der Waals surface area contributed by atoms with Crippen molar-refractivity contribution in [2.45, 2.75) is 65.7 Å². The van der Waals surface area contributed by atoms with Gasteiger partial charge in [-0.15, -0.1) is 0 Å². The highest BCUT2D eigenvalue weighted by Crippen LogP contribution is 2.10. The normalized spacial score (nSPS) is 10.7. The summed E-state index contributed by atoms with van der Waals surface area (Å²) in [7, 11) is 0. The Morgan fingerprint density at radius 2 is 1.60 bits per heavy atom. The zero-order chi connectivity index (χ0) is 11.5. The molecule has 0 atom stereocenters. The van der Waals surface area contributed by atoms with Crippen LogP contribution in [0.5, 0.6) is 0 Å². The fourth-order valence-electron chi connectivity index (χ4n) is 1.62. The quantitative estimate of drug-likeness (QED) is 0.429. The Kier molecular flexibility index (Phi) is 9.65. The van der Waals surface area contributed by atoms with Crippen LogP contribution in [0.2, 0.25) is 0 Å². The molecule has 0 aromatic heterocycles. The predicted octanol–water partition coefficient (Wildman–Crippen LogP) is 3.94. The van der Waals surface area contributed by atoms with Gasteiger partial charge in [0.25, 0.3) is 0 Å². The first kappa shape index (κ1) is 14.5. The molecule has 0 bridgehead atoms. The molecule has 0 saturated carbocycles. The van der Waals surface area contributed by atoms with Gasteiger partial charge in [0.2, 0.25) is 0 Å². The summed E-state index contributed by atoms with van der Waals surface area (Å²) < 4.78 is 5.23. The van der Waals surface area contributed by atoms with E-state index in [1.807, 2.05) is 13.8 Å². The average Bonchev–Trinajstić information content (AvgIpc) is 2.25. The minimum absolute atomic E-state index is 0.00417. The largest absolute Gasteiger partial charge is 0.465 e. The Labute approximate surface area is 94.4 Å². The minimum atomic E-state index is -0.00417. The van der Waals surface area contributed by atoms with E-state index in [0.717, 1.165) is 19.3 Å². The van der Waals surface area contributed by atoms with Gasteiger partial charge in [-0.25, -0.2) is 0 Å². The first-order valence-electron chi connectivity index (χ1n) is 6.42. The molecule has 0 saturated heterocycles. The second-order valence-electron chi connectivity index (χ2n) is 4.10. The van der Waals surface area contributed by atoms with Gasteiger partial charge in [0.15, 0.2) is 0 Å². The Hall–Kier alpha value is -0.530. The van der Waals surface area contributed by atoms with Crippen molar-refractivity contribution < 1.29 is 9.53 Å². The molecule has 0 heterocycles. The molecule has 0 unspecified atom stereocenters. The van der Waals surface area contributed by atoms with E-state index in [9.17, 15) is 4.79 Å². The number of carbonyl (C=O) groups is 1. The number of hydrogen-bond acceptors (Lipinski definition) is 2. The molecule has 2 nitrogen and oxygen atoms in total. The molecule has 0 aromatic rings. The summed E-state index contributed by atoms with van der Waals surface area (Å²) in [5.41, 5.74) is 0. The predicted molar refractivity (Wildman–Crippen MR) is 63.8 cm³/mol. The fourth-order valence-corrected chi connectivity index (χ4v) is 1.62. The fraction of sp³-hybridized carbons (Fsp3) is 0.923. The highest BCUT2D eigenvalue weighted by atomic mass is 16.5. The number of rotatable bonds is 9. The van der Waals surface area contributed by atoms with Crippen LogP contribution in [-0.4, -0.2) is 12.6 Å². The van der Waals surface area contributed by atoms with Crippen molar-refractivity contribution >= 4 is 5.97 Å². The Morgan fingerprint density at radius 3 is 2.13 bits per heavy atom. The Balaban J connectivity index is 3.38. The van der Waals surface area contributed by atoms with Gasteiger partial charge < -0.3 is 4.74 Å². The summed E-state index contributed by atoms with van der Waals surface area (Å²) >= 11 is 0. The third-order valence-electron chi connectivity index (χ3n) is 2.81. The summed E-state index contributed by atoms with van der Waals surface area (Å²) in [6.45, 7) is 6.89. The van der Waals surface area contributed by atoms with E-state index < -0.39 is 0 Å². The van der Waals surface area contributed by atoms with Crippen LogP contribution in [0.25, 0.3) is 0 Å². The van der Waals surface area contributed by atoms with Gasteiger partial charge in [-0.2, -0.15) is 0 Å². The van der Waals surface area contributed by atoms with Gasteiger partial charge >= 0.3 is 5.97 Å². The molecule has 0 fully saturated rings. The van der Waals surface area contributed by atoms with Crippen molar-refractivity contribution in [1.82, 2.24) is 0 Å². The lowest BCUT2D eigenvalue weighted by Gasteiger charge is -2.11. The zero-order valence-corrected chi connectivity index (χ0v) is 10.6. The van der Waals surface area contributed by atoms with Crippen LogP contribution in [-0.2, 0) is 9.53 Å². The van der Waals surface area contributed by atoms with Crippen LogP contribution < -0.4 is 0 Å². The average molecular weight is 214 g/mol. The molecule has 90 valence electrons. The van der Waals surface area contributed by atoms with Crippen LogP contribution in [0, 0.1) is 5.92 Å². The standard InChI is InChI=1S/C13H26O2/c1-4-7-8-9-10-11-15-13(14)12(5-2)6-3/h12H,4-11H2,1-3H3. The maximum atomic E-state index is 11.5. The van der Waals surface area contributed by atoms with Crippen molar-refractivity contribution in [1.29, 1.82) is 0 Å². The SMILES string of the molecule is CCCCCCCOC(=O)C(CC)CC. The van der Waals surface area contributed by atoms with Gasteiger partial charge in [-0.3, -0.25) is 4.79 Å². The molecule has 0 N–H and O–H groups in total. The first-order chi connectivity index (χ1) is 7.26. The summed E-state index contributed by atoms with van der Waals surface area (Å²) in [4.78, 5) is 11.5. The van der Waals surface area contributed by atoms with Gasteiger partial charge in [-0.1, -0.05) is 46.5 Å². The molecule has 0 amide bonds. The smallest absolute Gasteiger partial charge is 0.308 e. The number of ether oxygens (including phenoxy) is 1. The van der Waals surface area contributed by atoms with E-state index in [4.69, 9.17) is 4.74 Å². The highest BCUT2D eigenvalue weighted by molar-refractivity contribution is 5.72. The Bertz CT molecular complexity index is 151. The maximum absolute atomic E-state index is 11.5. The van der Waals surface area contributed by atoms with Crippen molar-refractivity contribution in [2.75, 3.05) is 6.61 Å². The van der Waals surface area contributed by atoms with Crippen molar-refractivity contribution in [2.24, 2.45) is 5.92 Å². The second kappa shape index (κ2) is 10.0. The van der Waals surface area contributed by atoms with Crippen molar-refractivity contribution in [3.05, 3.63) is 0 Å². The minimum Gasteiger partial charge on any atom is -0.465 e. The summed E-state index contributed by atoms with van der Waals surface area (Å²) in [6.07, 6.45) is 7.80. The number of hydrogen-bond donors (Lipinski definition) is 0. The third kappa shape index (κ3) is 7.40. The lowest BCUT2D eigenvalue weighted by molar-refractivity contribution is -0.148. The molecule has 0 aliphatic carbocycles. The van der Waals surface area contributed by atoms with Crippen LogP contribution in [0.1, 0.15) is 65.7 Å². The first-order valence-corrected chi connectivity index (χ1v) is 6.42. The van der Waals surface area contributed by atoms with E-state index in [1.54, 1.807) is 0 Å². The van der Waals surface area contributed by atoms with Crippen LogP contribution in [0.4, 0.5) is 0 Å². The molecular formula is C13H26O2. The van der Waals surface area contributed by atoms with E-state index in [1.165, 1.54) is 25.7 Å². The van der Waals surface area contributed by atoms with E-state index in [2.05, 4.69) is 6.92 Å². The van der Waals surface area contributed by atoms with Crippen molar-refractivity contribution in [3.8, 4) is 0 Å². The molecule has 15 heavy (non-hydrogen) atoms. The maximum Gasteiger partial charge on any atom is 0.308 e. The van der Waals surface area contributed by atoms with E-state index in [0.29, 0.717) is 6.61 Å². The summed E-state index contributed by atoms with van der Waals surface area (Å²) in [6, 6.07) is 0. The van der Waals surface area contributed by atoms with Gasteiger partial charge in [-0.05, 0) is 19.3 Å². The van der Waals surface area contributed by atoms with Gasteiger partial charge in [0, 0.05) is 0 Å². The van der Waals surface area contributed by atoms with Gasteiger partial charge in [0.05, 0.1) is 12.5 Å². The highest BCUT2D eigenvalue weighted by Gasteiger charge is 2.14. The summed E-state index contributed by atoms with van der Waals surface area (Å²) in [5, 5.41) is 0. The lowest BCUT2D eigenvalue weighted by Crippen LogP contribution is -2.16. The molecule has 0 radical (unpaired) electrons. The number of unbranched alkanes of at least 4 members (excludes halogenated alkanes) is 4. The third-order valence-corrected chi connectivity index (χ3v) is 2.81. The molecule has 0 spiro atoms. The van der Waals surface area contributed by atoms with Crippen LogP contribution in [0.15, 0.2) is 0 Å². The Morgan fingerprint density at radius 1 is 1.00 bits per heavy atom. The lowest BCUT2D eigenvalue weighted by atomic mass is 10.0. The van der Waals surface area contributed by atoms with Crippen LogP contribution >= 0.6 is 0 Å². The second-order valence-corrected chi connectivity index (χ2v) is 4.10. The van der Waals surface area contributed by atoms with E-state index in [-0.39, 0.29) is 11.9 Å². The number of esters is 1.